The minimum atomic E-state index is -0.330. The molecule has 0 saturated heterocycles. The van der Waals surface area contributed by atoms with Crippen molar-refractivity contribution in [3.8, 4) is 16.9 Å². The molecule has 0 radical (unpaired) electrons. The van der Waals surface area contributed by atoms with Crippen molar-refractivity contribution in [3.05, 3.63) is 94.2 Å². The second-order valence-electron chi connectivity index (χ2n) is 5.65. The van der Waals surface area contributed by atoms with Gasteiger partial charge in [0, 0.05) is 5.56 Å². The number of halogens is 2. The average Bonchev–Trinajstić information content (AvgIpc) is 2.66. The number of allylic oxidation sites excluding steroid dienone is 1. The second-order valence-corrected chi connectivity index (χ2v) is 6.50. The summed E-state index contributed by atoms with van der Waals surface area (Å²) in [4.78, 5) is 12.7. The Balaban J connectivity index is 1.90. The molecule has 0 unspecified atom stereocenters. The highest BCUT2D eigenvalue weighted by Crippen LogP contribution is 2.27. The first-order valence-corrected chi connectivity index (χ1v) is 8.78. The predicted molar refractivity (Wildman–Crippen MR) is 106 cm³/mol. The first kappa shape index (κ1) is 18.1. The van der Waals surface area contributed by atoms with Crippen LogP contribution in [0.25, 0.3) is 17.2 Å². The van der Waals surface area contributed by atoms with Crippen LogP contribution in [0, 0.1) is 5.82 Å². The van der Waals surface area contributed by atoms with Gasteiger partial charge in [0.2, 0.25) is 0 Å². The Labute approximate surface area is 160 Å². The number of hydrogen-bond acceptors (Lipinski definition) is 2. The zero-order chi connectivity index (χ0) is 18.5. The van der Waals surface area contributed by atoms with E-state index in [4.69, 9.17) is 4.74 Å². The van der Waals surface area contributed by atoms with Gasteiger partial charge >= 0.3 is 0 Å². The largest absolute Gasteiger partial charge is 0.496 e. The predicted octanol–water partition coefficient (Wildman–Crippen LogP) is 6.16. The van der Waals surface area contributed by atoms with E-state index in [1.165, 1.54) is 18.2 Å². The molecule has 3 aromatic rings. The summed E-state index contributed by atoms with van der Waals surface area (Å²) < 4.78 is 19.6. The van der Waals surface area contributed by atoms with Crippen molar-refractivity contribution in [2.24, 2.45) is 0 Å². The molecule has 0 aromatic heterocycles. The summed E-state index contributed by atoms with van der Waals surface area (Å²) in [5.41, 5.74) is 2.78. The molecule has 0 spiro atoms. The molecular formula is C22H16BrFO2. The van der Waals surface area contributed by atoms with Crippen LogP contribution in [-0.4, -0.2) is 12.9 Å². The van der Waals surface area contributed by atoms with Crippen LogP contribution >= 0.6 is 15.9 Å². The third kappa shape index (κ3) is 4.09. The fourth-order valence-corrected chi connectivity index (χ4v) is 3.21. The molecule has 130 valence electrons. The lowest BCUT2D eigenvalue weighted by Crippen LogP contribution is -1.98. The van der Waals surface area contributed by atoms with Crippen LogP contribution in [-0.2, 0) is 0 Å². The first-order chi connectivity index (χ1) is 12.6. The molecule has 0 fully saturated rings. The molecule has 0 N–H and O–H groups in total. The highest BCUT2D eigenvalue weighted by atomic mass is 79.9. The molecule has 0 heterocycles. The fourth-order valence-electron chi connectivity index (χ4n) is 2.65. The zero-order valence-corrected chi connectivity index (χ0v) is 15.7. The maximum atomic E-state index is 13.5. The van der Waals surface area contributed by atoms with E-state index in [1.54, 1.807) is 37.5 Å². The molecule has 2 nitrogen and oxygen atoms in total. The third-order valence-electron chi connectivity index (χ3n) is 3.93. The summed E-state index contributed by atoms with van der Waals surface area (Å²) in [7, 11) is 1.60. The zero-order valence-electron chi connectivity index (χ0n) is 14.1. The quantitative estimate of drug-likeness (QED) is 0.371. The van der Waals surface area contributed by atoms with Gasteiger partial charge in [-0.2, -0.15) is 0 Å². The van der Waals surface area contributed by atoms with E-state index < -0.39 is 0 Å². The standard InChI is InChI=1S/C22H16BrFO2/c1-26-22-12-10-15(13-20(22)23)9-11-21(25)19-8-3-2-7-18(19)16-5-4-6-17(24)14-16/h2-14H,1H3/b11-9+. The Morgan fingerprint density at radius 3 is 2.58 bits per heavy atom. The SMILES string of the molecule is COc1ccc(/C=C/C(=O)c2ccccc2-c2cccc(F)c2)cc1Br. The molecular weight excluding hydrogens is 395 g/mol. The number of carbonyl (C=O) groups excluding carboxylic acids is 1. The topological polar surface area (TPSA) is 26.3 Å². The monoisotopic (exact) mass is 410 g/mol. The lowest BCUT2D eigenvalue weighted by atomic mass is 9.96. The van der Waals surface area contributed by atoms with E-state index in [2.05, 4.69) is 15.9 Å². The van der Waals surface area contributed by atoms with Crippen molar-refractivity contribution >= 4 is 27.8 Å². The van der Waals surface area contributed by atoms with Gasteiger partial charge < -0.3 is 4.74 Å². The molecule has 0 bridgehead atoms. The van der Waals surface area contributed by atoms with Crippen LogP contribution in [0.5, 0.6) is 5.75 Å². The number of ether oxygens (including phenoxy) is 1. The minimum Gasteiger partial charge on any atom is -0.496 e. The van der Waals surface area contributed by atoms with Gasteiger partial charge in [-0.1, -0.05) is 48.5 Å². The van der Waals surface area contributed by atoms with Crippen LogP contribution in [0.2, 0.25) is 0 Å². The Morgan fingerprint density at radius 2 is 1.85 bits per heavy atom. The van der Waals surface area contributed by atoms with E-state index in [-0.39, 0.29) is 11.6 Å². The van der Waals surface area contributed by atoms with Gasteiger partial charge in [0.15, 0.2) is 5.78 Å². The summed E-state index contributed by atoms with van der Waals surface area (Å²) in [6.45, 7) is 0. The van der Waals surface area contributed by atoms with Gasteiger partial charge in [-0.05, 0) is 63.0 Å². The summed E-state index contributed by atoms with van der Waals surface area (Å²) >= 11 is 3.43. The van der Waals surface area contributed by atoms with Crippen LogP contribution in [0.1, 0.15) is 15.9 Å². The van der Waals surface area contributed by atoms with Crippen molar-refractivity contribution in [3.63, 3.8) is 0 Å². The Hall–Kier alpha value is -2.72. The van der Waals surface area contributed by atoms with E-state index in [0.717, 1.165) is 15.8 Å². The van der Waals surface area contributed by atoms with Crippen molar-refractivity contribution < 1.29 is 13.9 Å². The number of carbonyl (C=O) groups is 1. The van der Waals surface area contributed by atoms with Gasteiger partial charge in [0.1, 0.15) is 11.6 Å². The van der Waals surface area contributed by atoms with Gasteiger partial charge in [0.25, 0.3) is 0 Å². The molecule has 0 aliphatic heterocycles. The Morgan fingerprint density at radius 1 is 1.04 bits per heavy atom. The highest BCUT2D eigenvalue weighted by Gasteiger charge is 2.10. The lowest BCUT2D eigenvalue weighted by molar-refractivity contribution is 0.104. The smallest absolute Gasteiger partial charge is 0.186 e. The normalized spacial score (nSPS) is 10.9. The molecule has 0 atom stereocenters. The van der Waals surface area contributed by atoms with Crippen LogP contribution in [0.15, 0.2) is 77.3 Å². The number of benzene rings is 3. The number of ketones is 1. The third-order valence-corrected chi connectivity index (χ3v) is 4.55. The molecule has 4 heteroatoms. The fraction of sp³-hybridized carbons (Fsp3) is 0.0455. The van der Waals surface area contributed by atoms with E-state index >= 15 is 0 Å². The Kier molecular flexibility index (Phi) is 5.64. The minimum absolute atomic E-state index is 0.142. The van der Waals surface area contributed by atoms with E-state index in [9.17, 15) is 9.18 Å². The second kappa shape index (κ2) is 8.11. The van der Waals surface area contributed by atoms with Gasteiger partial charge in [-0.25, -0.2) is 4.39 Å². The number of rotatable bonds is 5. The van der Waals surface area contributed by atoms with Crippen molar-refractivity contribution in [2.45, 2.75) is 0 Å². The summed E-state index contributed by atoms with van der Waals surface area (Å²) in [6.07, 6.45) is 3.27. The lowest BCUT2D eigenvalue weighted by Gasteiger charge is -2.07. The van der Waals surface area contributed by atoms with Gasteiger partial charge in [-0.3, -0.25) is 4.79 Å². The summed E-state index contributed by atoms with van der Waals surface area (Å²) in [6, 6.07) is 19.0. The number of methoxy groups -OCH3 is 1. The van der Waals surface area contributed by atoms with Gasteiger partial charge in [-0.15, -0.1) is 0 Å². The Bertz CT molecular complexity index is 979. The summed E-state index contributed by atoms with van der Waals surface area (Å²) in [5, 5.41) is 0. The maximum absolute atomic E-state index is 13.5. The summed E-state index contributed by atoms with van der Waals surface area (Å²) in [5.74, 6) is 0.255. The molecule has 3 rings (SSSR count). The van der Waals surface area contributed by atoms with Crippen LogP contribution in [0.3, 0.4) is 0 Å². The van der Waals surface area contributed by atoms with Gasteiger partial charge in [0.05, 0.1) is 11.6 Å². The van der Waals surface area contributed by atoms with E-state index in [1.807, 2.05) is 30.3 Å². The molecule has 0 saturated carbocycles. The molecule has 3 aromatic carbocycles. The number of hydrogen-bond donors (Lipinski definition) is 0. The van der Waals surface area contributed by atoms with Crippen molar-refractivity contribution in [1.29, 1.82) is 0 Å². The molecule has 0 amide bonds. The molecule has 0 aliphatic carbocycles. The van der Waals surface area contributed by atoms with Crippen molar-refractivity contribution in [2.75, 3.05) is 7.11 Å². The highest BCUT2D eigenvalue weighted by molar-refractivity contribution is 9.10. The maximum Gasteiger partial charge on any atom is 0.186 e. The van der Waals surface area contributed by atoms with Crippen molar-refractivity contribution in [1.82, 2.24) is 0 Å². The average molecular weight is 411 g/mol. The first-order valence-electron chi connectivity index (χ1n) is 7.99. The van der Waals surface area contributed by atoms with E-state index in [0.29, 0.717) is 16.7 Å². The van der Waals surface area contributed by atoms with Crippen LogP contribution in [0.4, 0.5) is 4.39 Å². The van der Waals surface area contributed by atoms with Crippen LogP contribution < -0.4 is 4.74 Å². The molecule has 26 heavy (non-hydrogen) atoms. The molecule has 0 aliphatic rings.